The van der Waals surface area contributed by atoms with Crippen molar-refractivity contribution in [3.8, 4) is 5.75 Å². The lowest BCUT2D eigenvalue weighted by Crippen LogP contribution is -2.48. The molecule has 1 aromatic heterocycles. The highest BCUT2D eigenvalue weighted by atomic mass is 31.2. The van der Waals surface area contributed by atoms with Crippen LogP contribution in [0.4, 0.5) is 14.6 Å². The highest BCUT2D eigenvalue weighted by molar-refractivity contribution is 7.51. The highest BCUT2D eigenvalue weighted by Gasteiger charge is 2.65. The summed E-state index contributed by atoms with van der Waals surface area (Å²) in [6, 6.07) is 6.78. The van der Waals surface area contributed by atoms with E-state index in [9.17, 15) is 24.4 Å². The normalized spacial score (nSPS) is 27.4. The van der Waals surface area contributed by atoms with Crippen molar-refractivity contribution >= 4 is 19.5 Å². The number of alkyl halides is 2. The fourth-order valence-corrected chi connectivity index (χ4v) is 6.65. The number of aliphatic hydroxyl groups excluding tert-OH is 1. The molecule has 0 aliphatic carbocycles. The number of halogens is 2. The van der Waals surface area contributed by atoms with Crippen LogP contribution in [0.15, 0.2) is 47.4 Å². The summed E-state index contributed by atoms with van der Waals surface area (Å²) in [6.07, 6.45) is -2.83. The van der Waals surface area contributed by atoms with Gasteiger partial charge in [0.05, 0.1) is 0 Å². The molecule has 2 aromatic rings. The molecule has 4 N–H and O–H groups in total. The molecule has 1 aliphatic rings. The van der Waals surface area contributed by atoms with E-state index in [1.165, 1.54) is 19.1 Å². The Morgan fingerprint density at radius 2 is 1.90 bits per heavy atom. The monoisotopic (exact) mass is 574 g/mol. The summed E-state index contributed by atoms with van der Waals surface area (Å²) in [7, 11) is -4.72. The van der Waals surface area contributed by atoms with Crippen LogP contribution in [0.2, 0.25) is 0 Å². The first-order valence-electron chi connectivity index (χ1n) is 12.3. The SMILES string of the molecule is CCC(CC)N([C@@H](C)C(=O)O)[P@](=O)(OC[C@@]1(F)O[C@@H](n2ccc(N)nc2=O)[C@](C)(F)[C@@H]1O)Oc1ccccc1. The van der Waals surface area contributed by atoms with Gasteiger partial charge in [-0.3, -0.25) is 13.9 Å². The topological polar surface area (TPSA) is 166 Å². The number of aromatic nitrogens is 2. The van der Waals surface area contributed by atoms with E-state index in [0.717, 1.165) is 23.9 Å². The van der Waals surface area contributed by atoms with Crippen molar-refractivity contribution in [3.63, 3.8) is 0 Å². The Morgan fingerprint density at radius 3 is 2.44 bits per heavy atom. The van der Waals surface area contributed by atoms with Gasteiger partial charge in [-0.05, 0) is 44.9 Å². The number of nitrogens with zero attached hydrogens (tertiary/aromatic N) is 3. The predicted molar refractivity (Wildman–Crippen MR) is 136 cm³/mol. The van der Waals surface area contributed by atoms with Gasteiger partial charge >= 0.3 is 19.4 Å². The van der Waals surface area contributed by atoms with Crippen LogP contribution in [-0.2, 0) is 18.6 Å². The fraction of sp³-hybridized carbons (Fsp3) is 0.542. The number of aliphatic hydroxyl groups is 1. The van der Waals surface area contributed by atoms with Crippen LogP contribution in [0.25, 0.3) is 0 Å². The summed E-state index contributed by atoms with van der Waals surface area (Å²) in [4.78, 5) is 27.7. The van der Waals surface area contributed by atoms with E-state index in [0.29, 0.717) is 17.4 Å². The Morgan fingerprint density at radius 1 is 1.28 bits per heavy atom. The molecule has 6 atom stereocenters. The van der Waals surface area contributed by atoms with Crippen LogP contribution in [0.3, 0.4) is 0 Å². The smallest absolute Gasteiger partial charge is 0.462 e. The highest BCUT2D eigenvalue weighted by Crippen LogP contribution is 2.57. The summed E-state index contributed by atoms with van der Waals surface area (Å²) in [5.74, 6) is -4.82. The number of rotatable bonds is 12. The lowest BCUT2D eigenvalue weighted by atomic mass is 9.97. The number of anilines is 1. The van der Waals surface area contributed by atoms with Crippen LogP contribution in [-0.4, -0.2) is 66.7 Å². The number of nitrogen functional groups attached to an aromatic ring is 1. The number of carbonyl (C=O) groups is 1. The lowest BCUT2D eigenvalue weighted by Gasteiger charge is -2.38. The van der Waals surface area contributed by atoms with Crippen molar-refractivity contribution in [1.82, 2.24) is 14.2 Å². The molecule has 12 nitrogen and oxygen atoms in total. The van der Waals surface area contributed by atoms with E-state index in [2.05, 4.69) is 4.98 Å². The van der Waals surface area contributed by atoms with Gasteiger partial charge in [0, 0.05) is 12.2 Å². The largest absolute Gasteiger partial charge is 0.480 e. The molecule has 1 aromatic carbocycles. The second-order valence-corrected chi connectivity index (χ2v) is 11.2. The van der Waals surface area contributed by atoms with Gasteiger partial charge in [0.15, 0.2) is 18.0 Å². The third-order valence-corrected chi connectivity index (χ3v) is 8.72. The molecular formula is C24H33F2N4O8P. The van der Waals surface area contributed by atoms with Crippen LogP contribution in [0, 0.1) is 0 Å². The average molecular weight is 575 g/mol. The molecule has 3 rings (SSSR count). The summed E-state index contributed by atoms with van der Waals surface area (Å²) >= 11 is 0. The van der Waals surface area contributed by atoms with Crippen LogP contribution >= 0.6 is 7.75 Å². The Hall–Kier alpha value is -2.90. The number of aliphatic carboxylic acids is 1. The first-order valence-corrected chi connectivity index (χ1v) is 13.8. The Labute approximate surface area is 223 Å². The van der Waals surface area contributed by atoms with Gasteiger partial charge in [0.2, 0.25) is 0 Å². The third kappa shape index (κ3) is 6.15. The number of carboxylic acid groups (broad SMARTS) is 1. The summed E-state index contributed by atoms with van der Waals surface area (Å²) in [5.41, 5.74) is 1.52. The quantitative estimate of drug-likeness (QED) is 0.318. The molecular weight excluding hydrogens is 541 g/mol. The molecule has 0 radical (unpaired) electrons. The molecule has 0 unspecified atom stereocenters. The minimum atomic E-state index is -4.72. The number of hydrogen-bond acceptors (Lipinski definition) is 9. The maximum Gasteiger partial charge on any atom is 0.462 e. The molecule has 0 bridgehead atoms. The first kappa shape index (κ1) is 30.6. The van der Waals surface area contributed by atoms with E-state index in [4.69, 9.17) is 19.5 Å². The maximum absolute atomic E-state index is 16.1. The molecule has 1 saturated heterocycles. The zero-order valence-electron chi connectivity index (χ0n) is 21.9. The van der Waals surface area contributed by atoms with E-state index < -0.39 is 62.0 Å². The van der Waals surface area contributed by atoms with E-state index in [1.54, 1.807) is 32.0 Å². The van der Waals surface area contributed by atoms with Gasteiger partial charge in [-0.15, -0.1) is 0 Å². The third-order valence-electron chi connectivity index (χ3n) is 6.58. The molecule has 39 heavy (non-hydrogen) atoms. The van der Waals surface area contributed by atoms with Crippen LogP contribution < -0.4 is 15.9 Å². The second kappa shape index (κ2) is 11.7. The van der Waals surface area contributed by atoms with Gasteiger partial charge in [-0.2, -0.15) is 9.65 Å². The maximum atomic E-state index is 16.1. The van der Waals surface area contributed by atoms with Gasteiger partial charge in [-0.25, -0.2) is 18.1 Å². The molecule has 15 heteroatoms. The number of carboxylic acids is 1. The van der Waals surface area contributed by atoms with Crippen molar-refractivity contribution < 1.29 is 42.1 Å². The van der Waals surface area contributed by atoms with Crippen LogP contribution in [0.5, 0.6) is 5.75 Å². The number of para-hydroxylation sites is 1. The predicted octanol–water partition coefficient (Wildman–Crippen LogP) is 3.28. The number of nitrogens with two attached hydrogens (primary N) is 1. The molecule has 1 fully saturated rings. The van der Waals surface area contributed by atoms with Gasteiger partial charge in [0.25, 0.3) is 5.85 Å². The molecule has 0 amide bonds. The van der Waals surface area contributed by atoms with Crippen molar-refractivity contribution in [2.45, 2.75) is 76.5 Å². The second-order valence-electron chi connectivity index (χ2n) is 9.36. The number of ether oxygens (including phenoxy) is 1. The summed E-state index contributed by atoms with van der Waals surface area (Å²) in [6.45, 7) is 4.22. The molecule has 1 aliphatic heterocycles. The summed E-state index contributed by atoms with van der Waals surface area (Å²) in [5, 5.41) is 20.4. The van der Waals surface area contributed by atoms with Gasteiger partial charge in [0.1, 0.15) is 24.2 Å². The minimum absolute atomic E-state index is 0.0304. The first-order chi connectivity index (χ1) is 18.2. The number of hydrogen-bond donors (Lipinski definition) is 3. The van der Waals surface area contributed by atoms with E-state index in [-0.39, 0.29) is 11.6 Å². The number of benzene rings is 1. The Kier molecular flexibility index (Phi) is 9.18. The molecule has 216 valence electrons. The van der Waals surface area contributed by atoms with Gasteiger partial charge < -0.3 is 25.2 Å². The van der Waals surface area contributed by atoms with E-state index >= 15 is 8.78 Å². The average Bonchev–Trinajstić information content (AvgIpc) is 3.06. The van der Waals surface area contributed by atoms with E-state index in [1.807, 2.05) is 0 Å². The minimum Gasteiger partial charge on any atom is -0.480 e. The standard InChI is InChI=1S/C24H33F2N4O8P/c1-5-16(6-2)30(15(3)19(31)32)39(35,38-17-10-8-7-9-11-17)36-14-24(26)20(33)23(4,25)21(37-24)29-13-12-18(27)28-22(29)34/h7-13,15-16,20-21,33H,5-6,14H2,1-4H3,(H,31,32)(H2,27,28,34)/t15-,20-,21+,23+,24+,39-/m0/s1. The van der Waals surface area contributed by atoms with Crippen LogP contribution in [0.1, 0.15) is 46.8 Å². The zero-order chi connectivity index (χ0) is 29.2. The fourth-order valence-electron chi connectivity index (χ4n) is 4.40. The van der Waals surface area contributed by atoms with Crippen molar-refractivity contribution in [1.29, 1.82) is 0 Å². The molecule has 0 saturated carbocycles. The lowest BCUT2D eigenvalue weighted by molar-refractivity contribution is -0.204. The Balaban J connectivity index is 2.01. The summed E-state index contributed by atoms with van der Waals surface area (Å²) < 4.78 is 64.0. The van der Waals surface area contributed by atoms with Crippen molar-refractivity contribution in [2.75, 3.05) is 12.3 Å². The molecule has 0 spiro atoms. The molecule has 2 heterocycles. The van der Waals surface area contributed by atoms with Gasteiger partial charge in [-0.1, -0.05) is 32.0 Å². The van der Waals surface area contributed by atoms with Crippen molar-refractivity contribution in [3.05, 3.63) is 53.1 Å². The zero-order valence-corrected chi connectivity index (χ0v) is 22.8. The Bertz CT molecular complexity index is 1260. The van der Waals surface area contributed by atoms with Crippen molar-refractivity contribution in [2.24, 2.45) is 0 Å².